The quantitative estimate of drug-likeness (QED) is 0.632. The molecule has 2 N–H and O–H groups in total. The van der Waals surface area contributed by atoms with E-state index in [9.17, 15) is 5.11 Å². The fourth-order valence-corrected chi connectivity index (χ4v) is 1.75. The summed E-state index contributed by atoms with van der Waals surface area (Å²) in [6, 6.07) is 6.40. The second-order valence-electron chi connectivity index (χ2n) is 3.73. The molecule has 1 aromatic rings. The fourth-order valence-electron chi connectivity index (χ4n) is 1.75. The van der Waals surface area contributed by atoms with Gasteiger partial charge in [-0.2, -0.15) is 0 Å². The molecule has 2 rings (SSSR count). The van der Waals surface area contributed by atoms with Crippen LogP contribution in [0.2, 0.25) is 0 Å². The van der Waals surface area contributed by atoms with Crippen molar-refractivity contribution >= 4 is 5.69 Å². The number of benzene rings is 1. The average molecular weight is 177 g/mol. The van der Waals surface area contributed by atoms with E-state index in [1.54, 1.807) is 0 Å². The van der Waals surface area contributed by atoms with Gasteiger partial charge in [0.2, 0.25) is 0 Å². The van der Waals surface area contributed by atoms with Crippen LogP contribution >= 0.6 is 0 Å². The highest BCUT2D eigenvalue weighted by atomic mass is 16.3. The summed E-state index contributed by atoms with van der Waals surface area (Å²) in [5.74, 6) is 0. The molecule has 0 aromatic heterocycles. The largest absolute Gasteiger partial charge is 0.391 e. The van der Waals surface area contributed by atoms with Gasteiger partial charge in [-0.1, -0.05) is 17.7 Å². The van der Waals surface area contributed by atoms with E-state index in [1.807, 2.05) is 0 Å². The minimum Gasteiger partial charge on any atom is -0.391 e. The number of fused-ring (bicyclic) bond motifs is 1. The summed E-state index contributed by atoms with van der Waals surface area (Å²) in [4.78, 5) is 0. The van der Waals surface area contributed by atoms with E-state index in [1.165, 1.54) is 16.8 Å². The third-order valence-electron chi connectivity index (χ3n) is 2.54. The first-order chi connectivity index (χ1) is 6.25. The van der Waals surface area contributed by atoms with E-state index in [4.69, 9.17) is 0 Å². The van der Waals surface area contributed by atoms with Crippen molar-refractivity contribution in [3.05, 3.63) is 29.3 Å². The summed E-state index contributed by atoms with van der Waals surface area (Å²) < 4.78 is 0. The average Bonchev–Trinajstić information content (AvgIpc) is 2.29. The zero-order valence-electron chi connectivity index (χ0n) is 7.88. The van der Waals surface area contributed by atoms with Crippen molar-refractivity contribution in [3.8, 4) is 0 Å². The summed E-state index contributed by atoms with van der Waals surface area (Å²) in [6.07, 6.45) is 1.64. The van der Waals surface area contributed by atoms with Gasteiger partial charge in [0.15, 0.2) is 0 Å². The third-order valence-corrected chi connectivity index (χ3v) is 2.54. The van der Waals surface area contributed by atoms with Gasteiger partial charge in [0, 0.05) is 12.2 Å². The molecule has 1 atom stereocenters. The number of nitrogens with one attached hydrogen (secondary N) is 1. The van der Waals surface area contributed by atoms with Crippen LogP contribution in [-0.2, 0) is 6.42 Å². The maximum Gasteiger partial charge on any atom is 0.0715 e. The van der Waals surface area contributed by atoms with Gasteiger partial charge >= 0.3 is 0 Å². The van der Waals surface area contributed by atoms with Gasteiger partial charge in [-0.05, 0) is 31.4 Å². The zero-order valence-corrected chi connectivity index (χ0v) is 7.88. The molecular weight excluding hydrogens is 162 g/mol. The Morgan fingerprint density at radius 1 is 1.46 bits per heavy atom. The molecule has 0 bridgehead atoms. The van der Waals surface area contributed by atoms with Crippen LogP contribution in [0.15, 0.2) is 18.2 Å². The molecule has 2 nitrogen and oxygen atoms in total. The molecular formula is C11H15NO. The molecule has 1 aliphatic heterocycles. The van der Waals surface area contributed by atoms with Crippen LogP contribution in [0.25, 0.3) is 0 Å². The summed E-state index contributed by atoms with van der Waals surface area (Å²) in [5, 5.41) is 12.7. The molecule has 0 aliphatic carbocycles. The number of aliphatic hydroxyl groups excluding tert-OH is 1. The predicted octanol–water partition coefficient (Wildman–Crippen LogP) is 1.71. The highest BCUT2D eigenvalue weighted by molar-refractivity contribution is 5.53. The Morgan fingerprint density at radius 3 is 3.15 bits per heavy atom. The van der Waals surface area contributed by atoms with Crippen LogP contribution < -0.4 is 5.32 Å². The Balaban J connectivity index is 2.30. The van der Waals surface area contributed by atoms with Crippen LogP contribution in [0, 0.1) is 6.92 Å². The SMILES string of the molecule is Cc1ccc2c(c1)CCC(O)CN2. The van der Waals surface area contributed by atoms with Gasteiger partial charge in [-0.25, -0.2) is 0 Å². The van der Waals surface area contributed by atoms with E-state index in [0.717, 1.165) is 12.8 Å². The minimum atomic E-state index is -0.201. The number of aryl methyl sites for hydroxylation is 2. The highest BCUT2D eigenvalue weighted by Gasteiger charge is 2.12. The van der Waals surface area contributed by atoms with Crippen molar-refractivity contribution < 1.29 is 5.11 Å². The summed E-state index contributed by atoms with van der Waals surface area (Å²) in [7, 11) is 0. The number of rotatable bonds is 0. The van der Waals surface area contributed by atoms with Gasteiger partial charge in [0.1, 0.15) is 0 Å². The first-order valence-corrected chi connectivity index (χ1v) is 4.77. The summed E-state index contributed by atoms with van der Waals surface area (Å²) in [5.41, 5.74) is 3.80. The summed E-state index contributed by atoms with van der Waals surface area (Å²) in [6.45, 7) is 2.78. The Morgan fingerprint density at radius 2 is 2.31 bits per heavy atom. The molecule has 0 fully saturated rings. The number of anilines is 1. The lowest BCUT2D eigenvalue weighted by molar-refractivity contribution is 0.179. The van der Waals surface area contributed by atoms with Crippen LogP contribution in [0.1, 0.15) is 17.5 Å². The van der Waals surface area contributed by atoms with Crippen molar-refractivity contribution in [2.24, 2.45) is 0 Å². The fraction of sp³-hybridized carbons (Fsp3) is 0.455. The number of hydrogen-bond acceptors (Lipinski definition) is 2. The maximum atomic E-state index is 9.47. The lowest BCUT2D eigenvalue weighted by atomic mass is 10.0. The van der Waals surface area contributed by atoms with Gasteiger partial charge in [0.25, 0.3) is 0 Å². The minimum absolute atomic E-state index is 0.201. The standard InChI is InChI=1S/C11H15NO/c1-8-2-5-11-9(6-8)3-4-10(13)7-12-11/h2,5-6,10,12-13H,3-4,7H2,1H3. The second-order valence-corrected chi connectivity index (χ2v) is 3.73. The van der Waals surface area contributed by atoms with Crippen LogP contribution in [0.5, 0.6) is 0 Å². The van der Waals surface area contributed by atoms with E-state index >= 15 is 0 Å². The Labute approximate surface area is 78.6 Å². The number of hydrogen-bond donors (Lipinski definition) is 2. The van der Waals surface area contributed by atoms with Gasteiger partial charge in [-0.3, -0.25) is 0 Å². The van der Waals surface area contributed by atoms with E-state index in [0.29, 0.717) is 6.54 Å². The third kappa shape index (κ3) is 1.83. The molecule has 1 aromatic carbocycles. The Bertz CT molecular complexity index is 309. The van der Waals surface area contributed by atoms with Gasteiger partial charge < -0.3 is 10.4 Å². The molecule has 1 heterocycles. The first kappa shape index (κ1) is 8.57. The molecule has 0 saturated carbocycles. The molecule has 13 heavy (non-hydrogen) atoms. The number of aliphatic hydroxyl groups is 1. The smallest absolute Gasteiger partial charge is 0.0715 e. The van der Waals surface area contributed by atoms with Crippen molar-refractivity contribution in [3.63, 3.8) is 0 Å². The lowest BCUT2D eigenvalue weighted by Gasteiger charge is -2.08. The predicted molar refractivity (Wildman–Crippen MR) is 54.0 cm³/mol. The van der Waals surface area contributed by atoms with Crippen molar-refractivity contribution in [1.29, 1.82) is 0 Å². The van der Waals surface area contributed by atoms with Crippen LogP contribution in [-0.4, -0.2) is 17.8 Å². The number of β-amino-alcohol motifs (C(OH)–C–C–N with tert-alkyl or cyclic N) is 1. The Hall–Kier alpha value is -1.02. The molecule has 0 radical (unpaired) electrons. The molecule has 1 unspecified atom stereocenters. The second kappa shape index (κ2) is 3.38. The molecule has 70 valence electrons. The Kier molecular flexibility index (Phi) is 2.23. The van der Waals surface area contributed by atoms with Crippen molar-refractivity contribution in [2.45, 2.75) is 25.9 Å². The monoisotopic (exact) mass is 177 g/mol. The lowest BCUT2D eigenvalue weighted by Crippen LogP contribution is -2.16. The van der Waals surface area contributed by atoms with Crippen LogP contribution in [0.4, 0.5) is 5.69 Å². The first-order valence-electron chi connectivity index (χ1n) is 4.77. The van der Waals surface area contributed by atoms with E-state index in [-0.39, 0.29) is 6.10 Å². The summed E-state index contributed by atoms with van der Waals surface area (Å²) >= 11 is 0. The van der Waals surface area contributed by atoms with Gasteiger partial charge in [-0.15, -0.1) is 0 Å². The van der Waals surface area contributed by atoms with Gasteiger partial charge in [0.05, 0.1) is 6.10 Å². The molecule has 0 spiro atoms. The molecule has 0 amide bonds. The zero-order chi connectivity index (χ0) is 9.26. The van der Waals surface area contributed by atoms with Crippen LogP contribution in [0.3, 0.4) is 0 Å². The molecule has 0 saturated heterocycles. The van der Waals surface area contributed by atoms with Crippen molar-refractivity contribution in [2.75, 3.05) is 11.9 Å². The van der Waals surface area contributed by atoms with E-state index < -0.39 is 0 Å². The topological polar surface area (TPSA) is 32.3 Å². The van der Waals surface area contributed by atoms with E-state index in [2.05, 4.69) is 30.4 Å². The highest BCUT2D eigenvalue weighted by Crippen LogP contribution is 2.22. The molecule has 1 aliphatic rings. The maximum absolute atomic E-state index is 9.47. The normalized spacial score (nSPS) is 21.5. The molecule has 2 heteroatoms. The van der Waals surface area contributed by atoms with Crippen molar-refractivity contribution in [1.82, 2.24) is 0 Å².